The van der Waals surface area contributed by atoms with Crippen LogP contribution in [-0.2, 0) is 33.6 Å². The third kappa shape index (κ3) is 11.5. The predicted octanol–water partition coefficient (Wildman–Crippen LogP) is 5.82. The Bertz CT molecular complexity index is 1590. The minimum Gasteiger partial charge on any atom is -0.354 e. The molecule has 0 saturated carbocycles. The minimum atomic E-state index is -0.914. The van der Waals surface area contributed by atoms with Crippen LogP contribution in [0.5, 0.6) is 0 Å². The summed E-state index contributed by atoms with van der Waals surface area (Å²) in [6.45, 7) is 8.37. The number of nitrogens with two attached hydrogens (primary N) is 1. The SMILES string of the molecule is C/C=C\c1ccc(C[C@H](C(=O)N(C)C(Cc2ccc(F)cc2)C(=O)NCCc2ccncc2)N(C)C(=O)/C=C/CC(N)(CC)CC)cc1C. The number of hydrogen-bond donors (Lipinski definition) is 2. The highest BCUT2D eigenvalue weighted by Gasteiger charge is 2.35. The number of aromatic nitrogens is 1. The van der Waals surface area contributed by atoms with Crippen LogP contribution in [0, 0.1) is 12.7 Å². The van der Waals surface area contributed by atoms with Crippen LogP contribution in [0.2, 0.25) is 0 Å². The van der Waals surface area contributed by atoms with Crippen molar-refractivity contribution in [2.45, 2.75) is 83.8 Å². The first kappa shape index (κ1) is 38.8. The van der Waals surface area contributed by atoms with Gasteiger partial charge in [-0.05, 0) is 97.7 Å². The van der Waals surface area contributed by atoms with Gasteiger partial charge in [-0.25, -0.2) is 4.39 Å². The summed E-state index contributed by atoms with van der Waals surface area (Å²) in [5.74, 6) is -1.45. The van der Waals surface area contributed by atoms with Crippen molar-refractivity contribution in [1.29, 1.82) is 0 Å². The molecular formula is C40H52FN5O3. The van der Waals surface area contributed by atoms with Crippen molar-refractivity contribution >= 4 is 23.8 Å². The van der Waals surface area contributed by atoms with E-state index in [1.54, 1.807) is 44.7 Å². The van der Waals surface area contributed by atoms with Crippen LogP contribution in [0.4, 0.5) is 4.39 Å². The van der Waals surface area contributed by atoms with Gasteiger partial charge < -0.3 is 20.9 Å². The summed E-state index contributed by atoms with van der Waals surface area (Å²) >= 11 is 0. The van der Waals surface area contributed by atoms with Crippen LogP contribution in [0.3, 0.4) is 0 Å². The van der Waals surface area contributed by atoms with E-state index in [1.165, 1.54) is 28.0 Å². The van der Waals surface area contributed by atoms with Gasteiger partial charge >= 0.3 is 0 Å². The van der Waals surface area contributed by atoms with Gasteiger partial charge in [0.25, 0.3) is 0 Å². The molecule has 1 aromatic heterocycles. The van der Waals surface area contributed by atoms with E-state index in [1.807, 2.05) is 70.2 Å². The van der Waals surface area contributed by atoms with Crippen molar-refractivity contribution in [3.8, 4) is 0 Å². The van der Waals surface area contributed by atoms with E-state index in [2.05, 4.69) is 10.3 Å². The van der Waals surface area contributed by atoms with Crippen molar-refractivity contribution in [1.82, 2.24) is 20.1 Å². The first-order valence-corrected chi connectivity index (χ1v) is 17.0. The molecule has 0 aliphatic carbocycles. The number of hydrogen-bond acceptors (Lipinski definition) is 5. The Morgan fingerprint density at radius 2 is 1.55 bits per heavy atom. The smallest absolute Gasteiger partial charge is 0.246 e. The Hall–Kier alpha value is -4.63. The van der Waals surface area contributed by atoms with Crippen LogP contribution in [0.1, 0.15) is 67.9 Å². The molecule has 9 heteroatoms. The molecule has 2 aromatic carbocycles. The van der Waals surface area contributed by atoms with Crippen LogP contribution < -0.4 is 11.1 Å². The highest BCUT2D eigenvalue weighted by atomic mass is 19.1. The van der Waals surface area contributed by atoms with Gasteiger partial charge in [-0.3, -0.25) is 19.4 Å². The summed E-state index contributed by atoms with van der Waals surface area (Å²) < 4.78 is 13.8. The van der Waals surface area contributed by atoms with E-state index < -0.39 is 17.6 Å². The van der Waals surface area contributed by atoms with Gasteiger partial charge in [-0.1, -0.05) is 62.4 Å². The Balaban J connectivity index is 1.93. The lowest BCUT2D eigenvalue weighted by molar-refractivity contribution is -0.146. The summed E-state index contributed by atoms with van der Waals surface area (Å²) in [7, 11) is 3.20. The number of halogens is 1. The Morgan fingerprint density at radius 1 is 0.918 bits per heavy atom. The van der Waals surface area contributed by atoms with Gasteiger partial charge in [0, 0.05) is 51.4 Å². The average Bonchev–Trinajstić information content (AvgIpc) is 3.10. The van der Waals surface area contributed by atoms with E-state index >= 15 is 0 Å². The lowest BCUT2D eigenvalue weighted by Gasteiger charge is -2.34. The maximum Gasteiger partial charge on any atom is 0.246 e. The normalized spacial score (nSPS) is 13.0. The maximum absolute atomic E-state index is 14.5. The summed E-state index contributed by atoms with van der Waals surface area (Å²) in [6.07, 6.45) is 13.7. The zero-order chi connectivity index (χ0) is 36.0. The number of benzene rings is 2. The molecule has 262 valence electrons. The van der Waals surface area contributed by atoms with Gasteiger partial charge in [0.2, 0.25) is 17.7 Å². The molecule has 1 heterocycles. The van der Waals surface area contributed by atoms with Gasteiger partial charge in [-0.2, -0.15) is 0 Å². The molecule has 0 aliphatic heterocycles. The minimum absolute atomic E-state index is 0.164. The van der Waals surface area contributed by atoms with Crippen molar-refractivity contribution in [2.24, 2.45) is 5.73 Å². The lowest BCUT2D eigenvalue weighted by Crippen LogP contribution is -2.56. The molecule has 3 aromatic rings. The summed E-state index contributed by atoms with van der Waals surface area (Å²) in [4.78, 5) is 48.7. The molecule has 49 heavy (non-hydrogen) atoms. The molecule has 0 saturated heterocycles. The number of pyridine rings is 1. The molecule has 3 amide bonds. The molecule has 0 bridgehead atoms. The molecule has 3 N–H and O–H groups in total. The zero-order valence-corrected chi connectivity index (χ0v) is 29.8. The largest absolute Gasteiger partial charge is 0.354 e. The fraction of sp³-hybridized carbons (Fsp3) is 0.400. The van der Waals surface area contributed by atoms with Crippen LogP contribution in [-0.4, -0.2) is 70.8 Å². The van der Waals surface area contributed by atoms with Gasteiger partial charge in [0.05, 0.1) is 0 Å². The standard InChI is InChI=1S/C40H52FN5O3/c1-7-11-33-16-13-32(26-29(33)4)28-36(45(5)37(47)12-10-22-40(42,8-2)9-3)39(49)46(6)35(27-31-14-17-34(41)18-15-31)38(48)44-25-21-30-19-23-43-24-20-30/h7,10-20,23-24,26,35-36H,8-9,21-22,25,27-28,42H2,1-6H3,(H,44,48)/b11-7-,12-10+/t35?,36-/m1/s1. The second-order valence-corrected chi connectivity index (χ2v) is 12.7. The highest BCUT2D eigenvalue weighted by Crippen LogP contribution is 2.20. The molecule has 1 unspecified atom stereocenters. The fourth-order valence-corrected chi connectivity index (χ4v) is 5.68. The Kier molecular flexibility index (Phi) is 14.9. The van der Waals surface area contributed by atoms with Crippen LogP contribution >= 0.6 is 0 Å². The molecule has 3 rings (SSSR count). The second-order valence-electron chi connectivity index (χ2n) is 12.7. The molecular weight excluding hydrogens is 617 g/mol. The predicted molar refractivity (Wildman–Crippen MR) is 195 cm³/mol. The molecule has 8 nitrogen and oxygen atoms in total. The summed E-state index contributed by atoms with van der Waals surface area (Å²) in [6, 6.07) is 13.8. The van der Waals surface area contributed by atoms with Crippen LogP contribution in [0.25, 0.3) is 6.08 Å². The maximum atomic E-state index is 14.5. The highest BCUT2D eigenvalue weighted by molar-refractivity contribution is 5.95. The molecule has 2 atom stereocenters. The van der Waals surface area contributed by atoms with Gasteiger partial charge in [0.1, 0.15) is 17.9 Å². The number of carbonyl (C=O) groups is 3. The zero-order valence-electron chi connectivity index (χ0n) is 29.8. The summed E-state index contributed by atoms with van der Waals surface area (Å²) in [5, 5.41) is 2.98. The topological polar surface area (TPSA) is 109 Å². The third-order valence-corrected chi connectivity index (χ3v) is 9.33. The molecule has 0 fully saturated rings. The number of nitrogens with zero attached hydrogens (tertiary/aromatic N) is 3. The number of allylic oxidation sites excluding steroid dienone is 1. The first-order chi connectivity index (χ1) is 23.4. The number of amides is 3. The number of rotatable bonds is 17. The Labute approximate surface area is 291 Å². The van der Waals surface area contributed by atoms with E-state index in [0.717, 1.165) is 35.1 Å². The monoisotopic (exact) mass is 669 g/mol. The van der Waals surface area contributed by atoms with Gasteiger partial charge in [-0.15, -0.1) is 0 Å². The van der Waals surface area contributed by atoms with E-state index in [0.29, 0.717) is 24.9 Å². The first-order valence-electron chi connectivity index (χ1n) is 17.0. The average molecular weight is 670 g/mol. The van der Waals surface area contributed by atoms with Crippen molar-refractivity contribution in [3.05, 3.63) is 119 Å². The third-order valence-electron chi connectivity index (χ3n) is 9.33. The quantitative estimate of drug-likeness (QED) is 0.176. The molecule has 0 spiro atoms. The van der Waals surface area contributed by atoms with E-state index in [-0.39, 0.29) is 36.4 Å². The van der Waals surface area contributed by atoms with Crippen molar-refractivity contribution < 1.29 is 18.8 Å². The molecule has 0 aliphatic rings. The fourth-order valence-electron chi connectivity index (χ4n) is 5.68. The summed E-state index contributed by atoms with van der Waals surface area (Å²) in [5.41, 5.74) is 10.8. The Morgan fingerprint density at radius 3 is 2.16 bits per heavy atom. The number of carbonyl (C=O) groups excluding carboxylic acids is 3. The van der Waals surface area contributed by atoms with Crippen LogP contribution in [0.15, 0.2) is 85.2 Å². The van der Waals surface area contributed by atoms with E-state index in [9.17, 15) is 18.8 Å². The molecule has 0 radical (unpaired) electrons. The van der Waals surface area contributed by atoms with E-state index in [4.69, 9.17) is 5.73 Å². The number of nitrogens with one attached hydrogen (secondary N) is 1. The number of aryl methyl sites for hydroxylation is 1. The lowest BCUT2D eigenvalue weighted by atomic mass is 9.90. The number of likely N-dealkylation sites (N-methyl/N-ethyl adjacent to an activating group) is 2. The van der Waals surface area contributed by atoms with Crippen molar-refractivity contribution in [2.75, 3.05) is 20.6 Å². The van der Waals surface area contributed by atoms with Crippen molar-refractivity contribution in [3.63, 3.8) is 0 Å². The van der Waals surface area contributed by atoms with Gasteiger partial charge in [0.15, 0.2) is 0 Å². The second kappa shape index (κ2) is 18.8.